The average Bonchev–Trinajstić information content (AvgIpc) is 3.67. The van der Waals surface area contributed by atoms with Crippen molar-refractivity contribution < 1.29 is 14.4 Å². The summed E-state index contributed by atoms with van der Waals surface area (Å²) in [5.74, 6) is -0.668. The summed E-state index contributed by atoms with van der Waals surface area (Å²) in [5, 5.41) is 11.8. The van der Waals surface area contributed by atoms with Crippen molar-refractivity contribution in [2.24, 2.45) is 0 Å². The molecule has 0 saturated heterocycles. The molecule has 3 amide bonds. The van der Waals surface area contributed by atoms with Gasteiger partial charge in [-0.25, -0.2) is 0 Å². The maximum Gasteiger partial charge on any atom is 0.257 e. The van der Waals surface area contributed by atoms with Crippen molar-refractivity contribution in [2.45, 2.75) is 0 Å². The van der Waals surface area contributed by atoms with Crippen molar-refractivity contribution in [2.75, 3.05) is 21.3 Å². The van der Waals surface area contributed by atoms with Gasteiger partial charge in [-0.3, -0.25) is 14.4 Å². The highest BCUT2D eigenvalue weighted by Crippen LogP contribution is 2.22. The first-order chi connectivity index (χ1) is 18.5. The zero-order chi connectivity index (χ0) is 26.3. The average molecular weight is 505 g/mol. The standard InChI is InChI=1S/C29H24N6O3/c36-27(19-1-3-24(4-2-19)34-28(37)20-13-15-30-17-20)33-25-9-5-22(6-10-25)32-23-7-11-26(12-8-23)35-29(38)21-14-16-31-18-21/h1-18,30-32H,(H,33,36)(H,34,37)(H,35,38). The summed E-state index contributed by atoms with van der Waals surface area (Å²) in [4.78, 5) is 42.6. The smallest absolute Gasteiger partial charge is 0.257 e. The molecule has 0 radical (unpaired) electrons. The fraction of sp³-hybridized carbons (Fsp3) is 0. The number of nitrogens with one attached hydrogen (secondary N) is 6. The molecule has 6 N–H and O–H groups in total. The number of rotatable bonds is 8. The molecule has 0 aliphatic heterocycles. The van der Waals surface area contributed by atoms with Crippen molar-refractivity contribution in [3.8, 4) is 0 Å². The third-order valence-corrected chi connectivity index (χ3v) is 5.70. The Morgan fingerprint density at radius 1 is 0.421 bits per heavy atom. The Morgan fingerprint density at radius 3 is 1.13 bits per heavy atom. The van der Waals surface area contributed by atoms with Gasteiger partial charge in [-0.15, -0.1) is 0 Å². The number of aromatic nitrogens is 2. The van der Waals surface area contributed by atoms with Gasteiger partial charge in [-0.1, -0.05) is 0 Å². The van der Waals surface area contributed by atoms with Crippen LogP contribution in [0.2, 0.25) is 0 Å². The lowest BCUT2D eigenvalue weighted by Crippen LogP contribution is -2.13. The van der Waals surface area contributed by atoms with E-state index in [-0.39, 0.29) is 17.7 Å². The zero-order valence-electron chi connectivity index (χ0n) is 20.1. The van der Waals surface area contributed by atoms with E-state index in [1.165, 1.54) is 0 Å². The molecule has 0 spiro atoms. The van der Waals surface area contributed by atoms with E-state index in [1.54, 1.807) is 73.3 Å². The van der Waals surface area contributed by atoms with Gasteiger partial charge >= 0.3 is 0 Å². The van der Waals surface area contributed by atoms with Gasteiger partial charge in [0, 0.05) is 58.8 Å². The Bertz CT molecular complexity index is 1520. The van der Waals surface area contributed by atoms with E-state index in [4.69, 9.17) is 0 Å². The monoisotopic (exact) mass is 504 g/mol. The van der Waals surface area contributed by atoms with E-state index in [0.29, 0.717) is 33.8 Å². The SMILES string of the molecule is O=C(Nc1ccc(Nc2ccc(NC(=O)c3cc[nH]c3)cc2)cc1)c1ccc(NC(=O)c2cc[nH]c2)cc1. The van der Waals surface area contributed by atoms with Gasteiger partial charge in [-0.2, -0.15) is 0 Å². The quantitative estimate of drug-likeness (QED) is 0.158. The van der Waals surface area contributed by atoms with E-state index in [9.17, 15) is 14.4 Å². The van der Waals surface area contributed by atoms with Crippen LogP contribution in [-0.4, -0.2) is 27.7 Å². The molecule has 9 heteroatoms. The van der Waals surface area contributed by atoms with Crippen molar-refractivity contribution in [1.82, 2.24) is 9.97 Å². The van der Waals surface area contributed by atoms with Crippen LogP contribution in [0.4, 0.5) is 28.4 Å². The first kappa shape index (κ1) is 24.1. The Hall–Kier alpha value is -5.57. The summed E-state index contributed by atoms with van der Waals surface area (Å²) < 4.78 is 0. The maximum absolute atomic E-state index is 12.6. The molecule has 0 aliphatic carbocycles. The Balaban J connectivity index is 1.13. The summed E-state index contributed by atoms with van der Waals surface area (Å²) >= 11 is 0. The van der Waals surface area contributed by atoms with Crippen molar-refractivity contribution in [3.63, 3.8) is 0 Å². The molecule has 0 bridgehead atoms. The normalized spacial score (nSPS) is 10.4. The van der Waals surface area contributed by atoms with Crippen LogP contribution in [-0.2, 0) is 0 Å². The lowest BCUT2D eigenvalue weighted by Gasteiger charge is -2.10. The van der Waals surface area contributed by atoms with Gasteiger partial charge in [0.2, 0.25) is 0 Å². The molecule has 2 aromatic heterocycles. The molecule has 0 saturated carbocycles. The van der Waals surface area contributed by atoms with Crippen molar-refractivity contribution in [3.05, 3.63) is 126 Å². The second-order valence-electron chi connectivity index (χ2n) is 8.42. The molecule has 0 aliphatic rings. The molecule has 9 nitrogen and oxygen atoms in total. The predicted octanol–water partition coefficient (Wildman–Crippen LogP) is 5.84. The molecule has 0 unspecified atom stereocenters. The Morgan fingerprint density at radius 2 is 0.763 bits per heavy atom. The fourth-order valence-corrected chi connectivity index (χ4v) is 3.69. The van der Waals surface area contributed by atoms with Crippen LogP contribution in [0.3, 0.4) is 0 Å². The number of H-pyrrole nitrogens is 2. The molecule has 2 heterocycles. The van der Waals surface area contributed by atoms with Crippen LogP contribution in [0.15, 0.2) is 110 Å². The second kappa shape index (κ2) is 11.0. The highest BCUT2D eigenvalue weighted by molar-refractivity contribution is 6.06. The molecule has 0 fully saturated rings. The molecule has 3 aromatic carbocycles. The van der Waals surface area contributed by atoms with Gasteiger partial charge in [0.05, 0.1) is 11.1 Å². The number of carbonyl (C=O) groups excluding carboxylic acids is 3. The Kier molecular flexibility index (Phi) is 6.99. The van der Waals surface area contributed by atoms with Crippen LogP contribution in [0.5, 0.6) is 0 Å². The minimum Gasteiger partial charge on any atom is -0.367 e. The number of carbonyl (C=O) groups is 3. The zero-order valence-corrected chi connectivity index (χ0v) is 20.1. The van der Waals surface area contributed by atoms with Crippen LogP contribution < -0.4 is 21.3 Å². The topological polar surface area (TPSA) is 131 Å². The van der Waals surface area contributed by atoms with Gasteiger partial charge in [-0.05, 0) is 84.9 Å². The first-order valence-corrected chi connectivity index (χ1v) is 11.8. The summed E-state index contributed by atoms with van der Waals surface area (Å²) in [6.07, 6.45) is 6.63. The largest absolute Gasteiger partial charge is 0.367 e. The third kappa shape index (κ3) is 5.97. The molecule has 5 aromatic rings. The van der Waals surface area contributed by atoms with Crippen LogP contribution in [0.25, 0.3) is 0 Å². The predicted molar refractivity (Wildman–Crippen MR) is 148 cm³/mol. The van der Waals surface area contributed by atoms with Gasteiger partial charge in [0.1, 0.15) is 0 Å². The summed E-state index contributed by atoms with van der Waals surface area (Å²) in [7, 11) is 0. The number of amides is 3. The van der Waals surface area contributed by atoms with E-state index in [1.807, 2.05) is 36.4 Å². The van der Waals surface area contributed by atoms with Crippen molar-refractivity contribution >= 4 is 46.2 Å². The molecule has 188 valence electrons. The molecular formula is C29H24N6O3. The maximum atomic E-state index is 12.6. The van der Waals surface area contributed by atoms with Crippen LogP contribution in [0, 0.1) is 0 Å². The van der Waals surface area contributed by atoms with Gasteiger partial charge < -0.3 is 31.2 Å². The van der Waals surface area contributed by atoms with Crippen molar-refractivity contribution in [1.29, 1.82) is 0 Å². The first-order valence-electron chi connectivity index (χ1n) is 11.8. The molecule has 38 heavy (non-hydrogen) atoms. The summed E-state index contributed by atoms with van der Waals surface area (Å²) in [5.41, 5.74) is 5.19. The lowest BCUT2D eigenvalue weighted by molar-refractivity contribution is 0.101. The fourth-order valence-electron chi connectivity index (χ4n) is 3.69. The highest BCUT2D eigenvalue weighted by atomic mass is 16.2. The van der Waals surface area contributed by atoms with Gasteiger partial charge in [0.25, 0.3) is 17.7 Å². The van der Waals surface area contributed by atoms with Crippen LogP contribution in [0.1, 0.15) is 31.1 Å². The van der Waals surface area contributed by atoms with E-state index in [2.05, 4.69) is 31.2 Å². The number of hydrogen-bond acceptors (Lipinski definition) is 4. The summed E-state index contributed by atoms with van der Waals surface area (Å²) in [6.45, 7) is 0. The molecule has 0 atom stereocenters. The number of anilines is 5. The second-order valence-corrected chi connectivity index (χ2v) is 8.42. The molecular weight excluding hydrogens is 480 g/mol. The van der Waals surface area contributed by atoms with E-state index in [0.717, 1.165) is 11.4 Å². The minimum atomic E-state index is -0.258. The lowest BCUT2D eigenvalue weighted by atomic mass is 10.1. The number of benzene rings is 3. The van der Waals surface area contributed by atoms with Gasteiger partial charge in [0.15, 0.2) is 0 Å². The number of aromatic amines is 2. The Labute approximate surface area is 218 Å². The van der Waals surface area contributed by atoms with E-state index >= 15 is 0 Å². The third-order valence-electron chi connectivity index (χ3n) is 5.70. The van der Waals surface area contributed by atoms with Crippen LogP contribution >= 0.6 is 0 Å². The van der Waals surface area contributed by atoms with E-state index < -0.39 is 0 Å². The molecule has 5 rings (SSSR count). The highest BCUT2D eigenvalue weighted by Gasteiger charge is 2.10. The minimum absolute atomic E-state index is 0.181. The number of hydrogen-bond donors (Lipinski definition) is 6. The summed E-state index contributed by atoms with van der Waals surface area (Å²) in [6, 6.07) is 24.8.